The predicted octanol–water partition coefficient (Wildman–Crippen LogP) is 0.0289. The summed E-state index contributed by atoms with van der Waals surface area (Å²) in [6.45, 7) is 9.15. The molecule has 2 aliphatic heterocycles. The first-order chi connectivity index (χ1) is 11.7. The Bertz CT molecular complexity index is 515. The van der Waals surface area contributed by atoms with E-state index in [1.165, 1.54) is 0 Å². The van der Waals surface area contributed by atoms with Crippen LogP contribution in [0.2, 0.25) is 0 Å². The summed E-state index contributed by atoms with van der Waals surface area (Å²) < 4.78 is 5.37. The zero-order chi connectivity index (χ0) is 16.8. The van der Waals surface area contributed by atoms with Crippen molar-refractivity contribution >= 4 is 12.0 Å². The van der Waals surface area contributed by atoms with Crippen LogP contribution < -0.4 is 10.2 Å². The summed E-state index contributed by atoms with van der Waals surface area (Å²) in [7, 11) is 0. The van der Waals surface area contributed by atoms with Crippen LogP contribution in [-0.2, 0) is 4.74 Å². The van der Waals surface area contributed by atoms with Crippen molar-refractivity contribution in [1.82, 2.24) is 25.1 Å². The van der Waals surface area contributed by atoms with E-state index in [1.807, 2.05) is 11.0 Å². The number of nitrogens with one attached hydrogen (secondary N) is 1. The van der Waals surface area contributed by atoms with Gasteiger partial charge >= 0.3 is 6.03 Å². The van der Waals surface area contributed by atoms with E-state index in [0.29, 0.717) is 25.7 Å². The van der Waals surface area contributed by atoms with Gasteiger partial charge in [0.05, 0.1) is 13.2 Å². The van der Waals surface area contributed by atoms with E-state index in [-0.39, 0.29) is 6.03 Å². The van der Waals surface area contributed by atoms with Crippen LogP contribution in [-0.4, -0.2) is 90.9 Å². The molecule has 24 heavy (non-hydrogen) atoms. The Morgan fingerprint density at radius 2 is 1.83 bits per heavy atom. The van der Waals surface area contributed by atoms with Crippen molar-refractivity contribution in [3.05, 3.63) is 18.5 Å². The van der Waals surface area contributed by atoms with E-state index in [1.54, 1.807) is 12.4 Å². The quantitative estimate of drug-likeness (QED) is 0.837. The Hall–Kier alpha value is -1.93. The number of piperazine rings is 1. The number of anilines is 1. The number of urea groups is 1. The molecule has 0 aliphatic carbocycles. The van der Waals surface area contributed by atoms with Crippen LogP contribution in [0.25, 0.3) is 0 Å². The molecule has 2 aliphatic rings. The van der Waals surface area contributed by atoms with Gasteiger partial charge in [0.1, 0.15) is 0 Å². The lowest BCUT2D eigenvalue weighted by Crippen LogP contribution is -2.54. The normalized spacial score (nSPS) is 20.7. The zero-order valence-electron chi connectivity index (χ0n) is 14.2. The van der Waals surface area contributed by atoms with E-state index in [9.17, 15) is 4.79 Å². The average molecular weight is 334 g/mol. The number of morpholine rings is 1. The lowest BCUT2D eigenvalue weighted by Gasteiger charge is -2.36. The first-order valence-corrected chi connectivity index (χ1v) is 8.60. The third-order valence-corrected chi connectivity index (χ3v) is 4.62. The second-order valence-electron chi connectivity index (χ2n) is 6.21. The molecule has 0 saturated carbocycles. The molecule has 2 amide bonds. The van der Waals surface area contributed by atoms with Crippen LogP contribution in [0.5, 0.6) is 0 Å². The Labute approximate surface area is 142 Å². The molecule has 3 heterocycles. The molecule has 0 unspecified atom stereocenters. The molecule has 1 atom stereocenters. The van der Waals surface area contributed by atoms with E-state index < -0.39 is 0 Å². The summed E-state index contributed by atoms with van der Waals surface area (Å²) in [4.78, 5) is 27.2. The SMILES string of the molecule is C[C@@H](CNC(=O)N1CCN(c2ncccn2)CC1)N1CCOCC1. The molecule has 8 heteroatoms. The molecule has 0 aromatic carbocycles. The summed E-state index contributed by atoms with van der Waals surface area (Å²) in [6, 6.07) is 2.16. The van der Waals surface area contributed by atoms with Crippen LogP contribution in [0.15, 0.2) is 18.5 Å². The molecular formula is C16H26N6O2. The zero-order valence-corrected chi connectivity index (χ0v) is 14.2. The van der Waals surface area contributed by atoms with Crippen molar-refractivity contribution in [2.24, 2.45) is 0 Å². The number of hydrogen-bond acceptors (Lipinski definition) is 6. The second-order valence-corrected chi connectivity index (χ2v) is 6.21. The molecule has 132 valence electrons. The highest BCUT2D eigenvalue weighted by Crippen LogP contribution is 2.10. The fourth-order valence-corrected chi connectivity index (χ4v) is 3.06. The van der Waals surface area contributed by atoms with Crippen molar-refractivity contribution in [1.29, 1.82) is 0 Å². The number of amides is 2. The molecule has 0 spiro atoms. The van der Waals surface area contributed by atoms with Gasteiger partial charge in [0.2, 0.25) is 5.95 Å². The Morgan fingerprint density at radius 3 is 2.50 bits per heavy atom. The van der Waals surface area contributed by atoms with Crippen molar-refractivity contribution in [3.63, 3.8) is 0 Å². The highest BCUT2D eigenvalue weighted by atomic mass is 16.5. The highest BCUT2D eigenvalue weighted by Gasteiger charge is 2.23. The summed E-state index contributed by atoms with van der Waals surface area (Å²) in [5.41, 5.74) is 0. The number of ether oxygens (including phenoxy) is 1. The van der Waals surface area contributed by atoms with Gasteiger partial charge in [-0.05, 0) is 13.0 Å². The Balaban J connectivity index is 1.40. The van der Waals surface area contributed by atoms with Gasteiger partial charge in [0.25, 0.3) is 0 Å². The van der Waals surface area contributed by atoms with E-state index in [4.69, 9.17) is 4.74 Å². The number of carbonyl (C=O) groups is 1. The van der Waals surface area contributed by atoms with Crippen LogP contribution in [0.1, 0.15) is 6.92 Å². The van der Waals surface area contributed by atoms with E-state index in [0.717, 1.165) is 45.3 Å². The molecule has 0 radical (unpaired) electrons. The minimum Gasteiger partial charge on any atom is -0.379 e. The standard InChI is InChI=1S/C16H26N6O2/c1-14(20-9-11-24-12-10-20)13-19-16(23)22-7-5-21(6-8-22)15-17-3-2-4-18-15/h2-4,14H,5-13H2,1H3,(H,19,23)/t14-/m0/s1. The first-order valence-electron chi connectivity index (χ1n) is 8.60. The smallest absolute Gasteiger partial charge is 0.317 e. The maximum absolute atomic E-state index is 12.4. The van der Waals surface area contributed by atoms with Crippen molar-refractivity contribution in [3.8, 4) is 0 Å². The topological polar surface area (TPSA) is 73.8 Å². The summed E-state index contributed by atoms with van der Waals surface area (Å²) in [5.74, 6) is 0.735. The van der Waals surface area contributed by atoms with Crippen LogP contribution in [0.4, 0.5) is 10.7 Å². The predicted molar refractivity (Wildman–Crippen MR) is 91.1 cm³/mol. The number of nitrogens with zero attached hydrogens (tertiary/aromatic N) is 5. The molecule has 8 nitrogen and oxygen atoms in total. The maximum Gasteiger partial charge on any atom is 0.317 e. The molecule has 0 bridgehead atoms. The van der Waals surface area contributed by atoms with Gasteiger partial charge in [-0.2, -0.15) is 0 Å². The van der Waals surface area contributed by atoms with Crippen molar-refractivity contribution < 1.29 is 9.53 Å². The molecule has 1 N–H and O–H groups in total. The number of rotatable bonds is 4. The molecule has 1 aromatic heterocycles. The lowest BCUT2D eigenvalue weighted by molar-refractivity contribution is 0.0206. The third kappa shape index (κ3) is 4.33. The minimum atomic E-state index is 0.0174. The average Bonchev–Trinajstić information content (AvgIpc) is 2.67. The maximum atomic E-state index is 12.4. The van der Waals surface area contributed by atoms with Gasteiger partial charge in [-0.25, -0.2) is 14.8 Å². The molecule has 1 aromatic rings. The van der Waals surface area contributed by atoms with Gasteiger partial charge in [0.15, 0.2) is 0 Å². The lowest BCUT2D eigenvalue weighted by atomic mass is 10.2. The van der Waals surface area contributed by atoms with E-state index >= 15 is 0 Å². The summed E-state index contributed by atoms with van der Waals surface area (Å²) in [5, 5.41) is 3.06. The molecular weight excluding hydrogens is 308 g/mol. The first kappa shape index (κ1) is 16.9. The van der Waals surface area contributed by atoms with Gasteiger partial charge in [-0.1, -0.05) is 0 Å². The number of carbonyl (C=O) groups excluding carboxylic acids is 1. The Morgan fingerprint density at radius 1 is 1.17 bits per heavy atom. The van der Waals surface area contributed by atoms with Crippen molar-refractivity contribution in [2.45, 2.75) is 13.0 Å². The van der Waals surface area contributed by atoms with Crippen molar-refractivity contribution in [2.75, 3.05) is 63.9 Å². The van der Waals surface area contributed by atoms with Crippen LogP contribution in [0.3, 0.4) is 0 Å². The highest BCUT2D eigenvalue weighted by molar-refractivity contribution is 5.74. The van der Waals surface area contributed by atoms with Gasteiger partial charge < -0.3 is 19.9 Å². The summed E-state index contributed by atoms with van der Waals surface area (Å²) >= 11 is 0. The third-order valence-electron chi connectivity index (χ3n) is 4.62. The minimum absolute atomic E-state index is 0.0174. The Kier molecular flexibility index (Phi) is 5.81. The second kappa shape index (κ2) is 8.25. The van der Waals surface area contributed by atoms with Gasteiger partial charge in [0, 0.05) is 64.2 Å². The van der Waals surface area contributed by atoms with Gasteiger partial charge in [-0.3, -0.25) is 4.90 Å². The van der Waals surface area contributed by atoms with E-state index in [2.05, 4.69) is 32.0 Å². The largest absolute Gasteiger partial charge is 0.379 e. The van der Waals surface area contributed by atoms with Gasteiger partial charge in [-0.15, -0.1) is 0 Å². The fraction of sp³-hybridized carbons (Fsp3) is 0.688. The fourth-order valence-electron chi connectivity index (χ4n) is 3.06. The number of aromatic nitrogens is 2. The summed E-state index contributed by atoms with van der Waals surface area (Å²) in [6.07, 6.45) is 3.49. The molecule has 3 rings (SSSR count). The monoisotopic (exact) mass is 334 g/mol. The molecule has 2 fully saturated rings. The number of hydrogen-bond donors (Lipinski definition) is 1. The van der Waals surface area contributed by atoms with Crippen LogP contribution in [0, 0.1) is 0 Å². The van der Waals surface area contributed by atoms with Crippen LogP contribution >= 0.6 is 0 Å². The molecule has 2 saturated heterocycles.